The number of nitrogens with zero attached hydrogens (tertiary/aromatic N) is 1. The lowest BCUT2D eigenvalue weighted by molar-refractivity contribution is 0.908. The zero-order valence-electron chi connectivity index (χ0n) is 5.16. The Balaban J connectivity index is 2.57. The van der Waals surface area contributed by atoms with Gasteiger partial charge >= 0.3 is 0 Å². The fourth-order valence-corrected chi connectivity index (χ4v) is 1.10. The Morgan fingerprint density at radius 2 is 2.67 bits per heavy atom. The first-order chi connectivity index (χ1) is 4.43. The van der Waals surface area contributed by atoms with E-state index in [0.717, 1.165) is 5.56 Å². The molecule has 0 fully saturated rings. The van der Waals surface area contributed by atoms with Gasteiger partial charge in [-0.2, -0.15) is 16.4 Å². The normalized spacial score (nSPS) is 10.3. The Labute approximate surface area is 58.2 Å². The van der Waals surface area contributed by atoms with Crippen LogP contribution in [0.25, 0.3) is 0 Å². The minimum Gasteiger partial charge on any atom is -0.313 e. The van der Waals surface area contributed by atoms with Gasteiger partial charge in [-0.25, -0.2) is 0 Å². The van der Waals surface area contributed by atoms with Gasteiger partial charge in [0.05, 0.1) is 6.21 Å². The summed E-state index contributed by atoms with van der Waals surface area (Å²) in [7, 11) is 1.78. The molecule has 1 N–H and O–H groups in total. The van der Waals surface area contributed by atoms with Crippen LogP contribution in [-0.4, -0.2) is 13.3 Å². The molecule has 0 radical (unpaired) electrons. The van der Waals surface area contributed by atoms with Crippen molar-refractivity contribution in [2.45, 2.75) is 0 Å². The van der Waals surface area contributed by atoms with Crippen LogP contribution in [0.1, 0.15) is 5.56 Å². The fourth-order valence-electron chi connectivity index (χ4n) is 0.488. The summed E-state index contributed by atoms with van der Waals surface area (Å²) in [5, 5.41) is 7.91. The number of rotatable bonds is 2. The van der Waals surface area contributed by atoms with Crippen molar-refractivity contribution in [3.05, 3.63) is 22.4 Å². The number of nitrogens with one attached hydrogen (secondary N) is 1. The summed E-state index contributed by atoms with van der Waals surface area (Å²) in [4.78, 5) is 0. The highest BCUT2D eigenvalue weighted by molar-refractivity contribution is 7.08. The van der Waals surface area contributed by atoms with E-state index < -0.39 is 0 Å². The van der Waals surface area contributed by atoms with Gasteiger partial charge in [0.25, 0.3) is 0 Å². The van der Waals surface area contributed by atoms with Gasteiger partial charge in [-0.1, -0.05) is 0 Å². The van der Waals surface area contributed by atoms with Gasteiger partial charge < -0.3 is 5.43 Å². The molecule has 0 aliphatic rings. The van der Waals surface area contributed by atoms with Crippen LogP contribution in [0.15, 0.2) is 21.9 Å². The van der Waals surface area contributed by atoms with Gasteiger partial charge in [0.15, 0.2) is 0 Å². The van der Waals surface area contributed by atoms with Gasteiger partial charge in [0, 0.05) is 12.6 Å². The molecular weight excluding hydrogens is 132 g/mol. The van der Waals surface area contributed by atoms with Crippen LogP contribution in [0.5, 0.6) is 0 Å². The fraction of sp³-hybridized carbons (Fsp3) is 0.167. The average molecular weight is 140 g/mol. The van der Waals surface area contributed by atoms with E-state index >= 15 is 0 Å². The van der Waals surface area contributed by atoms with Crippen LogP contribution >= 0.6 is 11.3 Å². The minimum atomic E-state index is 1.15. The van der Waals surface area contributed by atoms with Crippen LogP contribution in [0.2, 0.25) is 0 Å². The van der Waals surface area contributed by atoms with Gasteiger partial charge in [-0.3, -0.25) is 0 Å². The summed E-state index contributed by atoms with van der Waals surface area (Å²) in [5.41, 5.74) is 3.83. The lowest BCUT2D eigenvalue weighted by Gasteiger charge is -1.82. The highest BCUT2D eigenvalue weighted by Crippen LogP contribution is 2.01. The second kappa shape index (κ2) is 3.25. The van der Waals surface area contributed by atoms with E-state index in [9.17, 15) is 0 Å². The first kappa shape index (κ1) is 6.29. The molecule has 3 heteroatoms. The van der Waals surface area contributed by atoms with Gasteiger partial charge in [0.1, 0.15) is 0 Å². The predicted molar refractivity (Wildman–Crippen MR) is 41.0 cm³/mol. The van der Waals surface area contributed by atoms with Crippen LogP contribution in [0.3, 0.4) is 0 Å². The third-order valence-electron chi connectivity index (χ3n) is 0.886. The van der Waals surface area contributed by atoms with E-state index in [1.165, 1.54) is 0 Å². The van der Waals surface area contributed by atoms with Crippen LogP contribution in [-0.2, 0) is 0 Å². The first-order valence-corrected chi connectivity index (χ1v) is 3.60. The molecule has 48 valence electrons. The van der Waals surface area contributed by atoms with Gasteiger partial charge in [-0.15, -0.1) is 0 Å². The molecule has 9 heavy (non-hydrogen) atoms. The summed E-state index contributed by atoms with van der Waals surface area (Å²) in [6.45, 7) is 0. The molecule has 0 amide bonds. The van der Waals surface area contributed by atoms with Crippen LogP contribution < -0.4 is 5.43 Å². The standard InChI is InChI=1S/C6H8N2S/c1-7-8-4-6-2-3-9-5-6/h2-5,7H,1H3/b8-4+. The summed E-state index contributed by atoms with van der Waals surface area (Å²) < 4.78 is 0. The second-order valence-corrected chi connectivity index (χ2v) is 2.32. The Hall–Kier alpha value is -0.830. The molecule has 0 aliphatic carbocycles. The number of hydrogen-bond acceptors (Lipinski definition) is 3. The third kappa shape index (κ3) is 1.85. The Kier molecular flexibility index (Phi) is 2.27. The van der Waals surface area contributed by atoms with E-state index in [4.69, 9.17) is 0 Å². The lowest BCUT2D eigenvalue weighted by atomic mass is 10.4. The van der Waals surface area contributed by atoms with Crippen molar-refractivity contribution in [2.24, 2.45) is 5.10 Å². The SMILES string of the molecule is CN/N=C/c1ccsc1. The molecule has 1 aromatic heterocycles. The molecule has 0 unspecified atom stereocenters. The molecule has 0 aromatic carbocycles. The summed E-state index contributed by atoms with van der Waals surface area (Å²) in [5.74, 6) is 0. The lowest BCUT2D eigenvalue weighted by Crippen LogP contribution is -1.93. The second-order valence-electron chi connectivity index (χ2n) is 1.54. The molecule has 2 nitrogen and oxygen atoms in total. The third-order valence-corrected chi connectivity index (χ3v) is 1.59. The molecule has 0 spiro atoms. The smallest absolute Gasteiger partial charge is 0.0548 e. The van der Waals surface area contributed by atoms with Crippen molar-refractivity contribution in [1.82, 2.24) is 5.43 Å². The molecule has 1 heterocycles. The van der Waals surface area contributed by atoms with Crippen LogP contribution in [0, 0.1) is 0 Å². The molecule has 0 aliphatic heterocycles. The van der Waals surface area contributed by atoms with Gasteiger partial charge in [0.2, 0.25) is 0 Å². The van der Waals surface area contributed by atoms with E-state index in [0.29, 0.717) is 0 Å². The molecule has 1 rings (SSSR count). The van der Waals surface area contributed by atoms with E-state index in [1.54, 1.807) is 24.6 Å². The minimum absolute atomic E-state index is 1.15. The number of hydrogen-bond donors (Lipinski definition) is 1. The Bertz CT molecular complexity index is 179. The Morgan fingerprint density at radius 3 is 3.22 bits per heavy atom. The van der Waals surface area contributed by atoms with Crippen molar-refractivity contribution in [1.29, 1.82) is 0 Å². The first-order valence-electron chi connectivity index (χ1n) is 2.65. The maximum Gasteiger partial charge on any atom is 0.0548 e. The largest absolute Gasteiger partial charge is 0.313 e. The molecule has 0 saturated heterocycles. The quantitative estimate of drug-likeness (QED) is 0.486. The van der Waals surface area contributed by atoms with Crippen molar-refractivity contribution in [3.8, 4) is 0 Å². The maximum absolute atomic E-state index is 3.85. The zero-order chi connectivity index (χ0) is 6.53. The monoisotopic (exact) mass is 140 g/mol. The summed E-state index contributed by atoms with van der Waals surface area (Å²) >= 11 is 1.67. The molecule has 1 aromatic rings. The molecule has 0 bridgehead atoms. The van der Waals surface area contributed by atoms with E-state index in [-0.39, 0.29) is 0 Å². The summed E-state index contributed by atoms with van der Waals surface area (Å²) in [6, 6.07) is 2.02. The van der Waals surface area contributed by atoms with Crippen molar-refractivity contribution in [3.63, 3.8) is 0 Å². The van der Waals surface area contributed by atoms with Crippen molar-refractivity contribution in [2.75, 3.05) is 7.05 Å². The average Bonchev–Trinajstić information content (AvgIpc) is 2.34. The van der Waals surface area contributed by atoms with Crippen molar-refractivity contribution >= 4 is 17.6 Å². The zero-order valence-corrected chi connectivity index (χ0v) is 5.98. The molecule has 0 saturated carbocycles. The van der Waals surface area contributed by atoms with Crippen molar-refractivity contribution < 1.29 is 0 Å². The van der Waals surface area contributed by atoms with E-state index in [1.807, 2.05) is 16.8 Å². The predicted octanol–water partition coefficient (Wildman–Crippen LogP) is 1.30. The Morgan fingerprint density at radius 1 is 1.78 bits per heavy atom. The summed E-state index contributed by atoms with van der Waals surface area (Å²) in [6.07, 6.45) is 1.79. The molecular formula is C6H8N2S. The molecule has 0 atom stereocenters. The number of thiophene rings is 1. The van der Waals surface area contributed by atoms with Gasteiger partial charge in [-0.05, 0) is 16.8 Å². The number of hydrazone groups is 1. The highest BCUT2D eigenvalue weighted by atomic mass is 32.1. The maximum atomic E-state index is 3.85. The van der Waals surface area contributed by atoms with E-state index in [2.05, 4.69) is 10.5 Å². The highest BCUT2D eigenvalue weighted by Gasteiger charge is 1.82. The topological polar surface area (TPSA) is 24.4 Å². The van der Waals surface area contributed by atoms with Crippen LogP contribution in [0.4, 0.5) is 0 Å².